The highest BCUT2D eigenvalue weighted by Gasteiger charge is 2.29. The van der Waals surface area contributed by atoms with Crippen molar-refractivity contribution in [3.05, 3.63) is 59.7 Å². The first-order valence-electron chi connectivity index (χ1n) is 9.96. The molecule has 0 fully saturated rings. The summed E-state index contributed by atoms with van der Waals surface area (Å²) in [7, 11) is 3.95. The first-order chi connectivity index (χ1) is 14.0. The zero-order valence-corrected chi connectivity index (χ0v) is 18.2. The Balaban J connectivity index is 0.00000320. The van der Waals surface area contributed by atoms with Gasteiger partial charge in [-0.15, -0.1) is 12.4 Å². The summed E-state index contributed by atoms with van der Waals surface area (Å²) in [6.45, 7) is 1.06. The van der Waals surface area contributed by atoms with Crippen LogP contribution in [0.2, 0.25) is 0 Å². The Morgan fingerprint density at radius 3 is 2.13 bits per heavy atom. The number of rotatable bonds is 9. The van der Waals surface area contributed by atoms with Crippen molar-refractivity contribution in [3.8, 4) is 11.1 Å². The number of carboxylic acid groups (broad SMARTS) is 1. The van der Waals surface area contributed by atoms with E-state index < -0.39 is 18.1 Å². The number of fused-ring (bicyclic) bond motifs is 3. The molecule has 0 bridgehead atoms. The molecule has 0 radical (unpaired) electrons. The molecular formula is C23H29ClN2O4. The van der Waals surface area contributed by atoms with E-state index in [1.165, 1.54) is 0 Å². The number of nitrogens with zero attached hydrogens (tertiary/aromatic N) is 1. The number of carbonyl (C=O) groups is 2. The maximum absolute atomic E-state index is 12.3. The lowest BCUT2D eigenvalue weighted by Crippen LogP contribution is -2.41. The highest BCUT2D eigenvalue weighted by molar-refractivity contribution is 5.85. The maximum Gasteiger partial charge on any atom is 0.407 e. The molecule has 6 nitrogen and oxygen atoms in total. The average Bonchev–Trinajstić information content (AvgIpc) is 3.02. The van der Waals surface area contributed by atoms with Crippen molar-refractivity contribution < 1.29 is 19.4 Å². The summed E-state index contributed by atoms with van der Waals surface area (Å²) in [6.07, 6.45) is 1.29. The fraction of sp³-hybridized carbons (Fsp3) is 0.391. The van der Waals surface area contributed by atoms with Crippen LogP contribution in [0, 0.1) is 0 Å². The molecule has 0 aromatic heterocycles. The molecule has 0 saturated heterocycles. The third-order valence-corrected chi connectivity index (χ3v) is 5.28. The van der Waals surface area contributed by atoms with Crippen LogP contribution in [0.4, 0.5) is 4.79 Å². The molecule has 1 aliphatic carbocycles. The molecule has 0 unspecified atom stereocenters. The summed E-state index contributed by atoms with van der Waals surface area (Å²) in [4.78, 5) is 25.8. The molecule has 3 rings (SSSR count). The van der Waals surface area contributed by atoms with Crippen LogP contribution in [0.5, 0.6) is 0 Å². The van der Waals surface area contributed by atoms with Gasteiger partial charge in [-0.05, 0) is 62.2 Å². The van der Waals surface area contributed by atoms with E-state index in [0.717, 1.165) is 41.6 Å². The number of halogens is 1. The molecule has 2 N–H and O–H groups in total. The van der Waals surface area contributed by atoms with Crippen molar-refractivity contribution in [1.29, 1.82) is 0 Å². The van der Waals surface area contributed by atoms with Gasteiger partial charge in [0.15, 0.2) is 0 Å². The largest absolute Gasteiger partial charge is 0.480 e. The number of unbranched alkanes of at least 4 members (excludes halogenated alkanes) is 1. The van der Waals surface area contributed by atoms with E-state index in [1.54, 1.807) is 0 Å². The van der Waals surface area contributed by atoms with E-state index in [2.05, 4.69) is 22.3 Å². The zero-order chi connectivity index (χ0) is 20.8. The molecule has 30 heavy (non-hydrogen) atoms. The van der Waals surface area contributed by atoms with Crippen LogP contribution < -0.4 is 5.32 Å². The van der Waals surface area contributed by atoms with E-state index in [9.17, 15) is 14.7 Å². The molecule has 0 spiro atoms. The smallest absolute Gasteiger partial charge is 0.407 e. The van der Waals surface area contributed by atoms with Crippen LogP contribution in [0.15, 0.2) is 48.5 Å². The lowest BCUT2D eigenvalue weighted by atomic mass is 9.98. The van der Waals surface area contributed by atoms with Gasteiger partial charge in [0.25, 0.3) is 0 Å². The van der Waals surface area contributed by atoms with Crippen LogP contribution in [0.1, 0.15) is 36.3 Å². The summed E-state index contributed by atoms with van der Waals surface area (Å²) < 4.78 is 5.44. The number of alkyl carbamates (subject to hydrolysis) is 1. The Morgan fingerprint density at radius 1 is 1.03 bits per heavy atom. The van der Waals surface area contributed by atoms with Crippen molar-refractivity contribution in [2.45, 2.75) is 31.2 Å². The first kappa shape index (κ1) is 23.7. The topological polar surface area (TPSA) is 78.9 Å². The van der Waals surface area contributed by atoms with Gasteiger partial charge in [-0.1, -0.05) is 48.5 Å². The van der Waals surface area contributed by atoms with Gasteiger partial charge in [0, 0.05) is 5.92 Å². The molecule has 0 aliphatic heterocycles. The number of hydrogen-bond acceptors (Lipinski definition) is 4. The van der Waals surface area contributed by atoms with Gasteiger partial charge in [0.2, 0.25) is 0 Å². The molecule has 0 saturated carbocycles. The Kier molecular flexibility index (Phi) is 8.69. The van der Waals surface area contributed by atoms with E-state index in [1.807, 2.05) is 50.5 Å². The van der Waals surface area contributed by atoms with Gasteiger partial charge in [-0.3, -0.25) is 0 Å². The van der Waals surface area contributed by atoms with Crippen LogP contribution in [0.3, 0.4) is 0 Å². The number of nitrogens with one attached hydrogen (secondary N) is 1. The van der Waals surface area contributed by atoms with Gasteiger partial charge in [0.1, 0.15) is 12.6 Å². The third-order valence-electron chi connectivity index (χ3n) is 5.28. The second-order valence-corrected chi connectivity index (χ2v) is 7.66. The normalized spacial score (nSPS) is 13.2. The Morgan fingerprint density at radius 2 is 1.60 bits per heavy atom. The monoisotopic (exact) mass is 432 g/mol. The predicted octanol–water partition coefficient (Wildman–Crippen LogP) is 4.13. The first-order valence-corrected chi connectivity index (χ1v) is 9.96. The van der Waals surface area contributed by atoms with Crippen LogP contribution in [0.25, 0.3) is 11.1 Å². The minimum atomic E-state index is -1.04. The number of carbonyl (C=O) groups excluding carboxylic acids is 1. The second kappa shape index (κ2) is 11.0. The minimum Gasteiger partial charge on any atom is -0.480 e. The highest BCUT2D eigenvalue weighted by atomic mass is 35.5. The van der Waals surface area contributed by atoms with E-state index in [0.29, 0.717) is 6.42 Å². The van der Waals surface area contributed by atoms with Crippen LogP contribution in [-0.4, -0.2) is 55.4 Å². The highest BCUT2D eigenvalue weighted by Crippen LogP contribution is 2.44. The minimum absolute atomic E-state index is 0. The number of aliphatic carboxylic acids is 1. The summed E-state index contributed by atoms with van der Waals surface area (Å²) in [5.41, 5.74) is 4.56. The molecular weight excluding hydrogens is 404 g/mol. The Labute approximate surface area is 183 Å². The predicted molar refractivity (Wildman–Crippen MR) is 119 cm³/mol. The van der Waals surface area contributed by atoms with Crippen molar-refractivity contribution in [2.24, 2.45) is 0 Å². The van der Waals surface area contributed by atoms with E-state index >= 15 is 0 Å². The van der Waals surface area contributed by atoms with Crippen molar-refractivity contribution in [3.63, 3.8) is 0 Å². The fourth-order valence-corrected chi connectivity index (χ4v) is 3.82. The van der Waals surface area contributed by atoms with Crippen molar-refractivity contribution in [2.75, 3.05) is 27.2 Å². The Bertz CT molecular complexity index is 826. The summed E-state index contributed by atoms with van der Waals surface area (Å²) in [5.74, 6) is -1.08. The van der Waals surface area contributed by atoms with Gasteiger partial charge >= 0.3 is 12.1 Å². The van der Waals surface area contributed by atoms with Crippen molar-refractivity contribution >= 4 is 24.5 Å². The molecule has 2 aromatic rings. The lowest BCUT2D eigenvalue weighted by Gasteiger charge is -2.18. The third kappa shape index (κ3) is 5.74. The number of amides is 1. The number of ether oxygens (including phenoxy) is 1. The van der Waals surface area contributed by atoms with Crippen LogP contribution >= 0.6 is 12.4 Å². The summed E-state index contributed by atoms with van der Waals surface area (Å²) >= 11 is 0. The molecule has 0 heterocycles. The van der Waals surface area contributed by atoms with Gasteiger partial charge < -0.3 is 20.1 Å². The zero-order valence-electron chi connectivity index (χ0n) is 17.3. The SMILES string of the molecule is CN(C)CCCC[C@H](NC(=O)OCC1c2ccccc2-c2ccccc21)C(=O)O.Cl. The number of benzene rings is 2. The Hall–Kier alpha value is -2.57. The maximum atomic E-state index is 12.3. The van der Waals surface area contributed by atoms with Crippen LogP contribution in [-0.2, 0) is 9.53 Å². The van der Waals surface area contributed by atoms with Gasteiger partial charge in [0.05, 0.1) is 0 Å². The summed E-state index contributed by atoms with van der Waals surface area (Å²) in [6, 6.07) is 15.3. The number of hydrogen-bond donors (Lipinski definition) is 2. The van der Waals surface area contributed by atoms with E-state index in [-0.39, 0.29) is 24.9 Å². The molecule has 1 amide bonds. The molecule has 7 heteroatoms. The van der Waals surface area contributed by atoms with Crippen molar-refractivity contribution in [1.82, 2.24) is 10.2 Å². The quantitative estimate of drug-likeness (QED) is 0.582. The average molecular weight is 433 g/mol. The molecule has 1 atom stereocenters. The lowest BCUT2D eigenvalue weighted by molar-refractivity contribution is -0.139. The summed E-state index contributed by atoms with van der Waals surface area (Å²) in [5, 5.41) is 11.9. The molecule has 162 valence electrons. The van der Waals surface area contributed by atoms with Gasteiger partial charge in [-0.2, -0.15) is 0 Å². The standard InChI is InChI=1S/C23H28N2O4.ClH/c1-25(2)14-8-7-13-21(22(26)27)24-23(28)29-15-20-18-11-5-3-9-16(18)17-10-4-6-12-19(17)20;/h3-6,9-12,20-21H,7-8,13-15H2,1-2H3,(H,24,28)(H,26,27);1H/t21-;/m0./s1. The number of carboxylic acids is 1. The van der Waals surface area contributed by atoms with E-state index in [4.69, 9.17) is 4.74 Å². The molecule has 2 aromatic carbocycles. The molecule has 1 aliphatic rings. The second-order valence-electron chi connectivity index (χ2n) is 7.66. The van der Waals surface area contributed by atoms with Gasteiger partial charge in [-0.25, -0.2) is 9.59 Å². The fourth-order valence-electron chi connectivity index (χ4n) is 3.82.